The Bertz CT molecular complexity index is 640. The van der Waals surface area contributed by atoms with Gasteiger partial charge in [0.05, 0.1) is 7.11 Å². The summed E-state index contributed by atoms with van der Waals surface area (Å²) < 4.78 is 5.10. The summed E-state index contributed by atoms with van der Waals surface area (Å²) in [6.07, 6.45) is -0.298. The number of aliphatic hydroxyl groups excluding tert-OH is 1. The van der Waals surface area contributed by atoms with Crippen LogP contribution in [-0.2, 0) is 17.8 Å². The number of aryl methyl sites for hydroxylation is 1. The van der Waals surface area contributed by atoms with Crippen LogP contribution in [0.3, 0.4) is 0 Å². The molecule has 0 bridgehead atoms. The summed E-state index contributed by atoms with van der Waals surface area (Å²) in [6, 6.07) is 14.8. The maximum absolute atomic E-state index is 12.1. The Morgan fingerprint density at radius 1 is 1.18 bits per heavy atom. The van der Waals surface area contributed by atoms with Crippen molar-refractivity contribution in [3.63, 3.8) is 0 Å². The van der Waals surface area contributed by atoms with Crippen molar-refractivity contribution in [3.8, 4) is 5.75 Å². The minimum absolute atomic E-state index is 0.407. The lowest BCUT2D eigenvalue weighted by Gasteiger charge is -2.14. The van der Waals surface area contributed by atoms with Gasteiger partial charge in [-0.25, -0.2) is 0 Å². The summed E-state index contributed by atoms with van der Waals surface area (Å²) in [4.78, 5) is 12.1. The van der Waals surface area contributed by atoms with Crippen molar-refractivity contribution < 1.29 is 14.6 Å². The Morgan fingerprint density at radius 3 is 2.59 bits per heavy atom. The topological polar surface area (TPSA) is 58.6 Å². The number of rotatable bonds is 6. The van der Waals surface area contributed by atoms with E-state index in [0.717, 1.165) is 12.0 Å². The molecule has 2 rings (SSSR count). The maximum atomic E-state index is 12.1. The van der Waals surface area contributed by atoms with Crippen molar-refractivity contribution >= 4 is 5.91 Å². The third-order valence-electron chi connectivity index (χ3n) is 3.61. The average molecular weight is 299 g/mol. The highest BCUT2D eigenvalue weighted by Crippen LogP contribution is 2.19. The first-order chi connectivity index (χ1) is 10.7. The fourth-order valence-corrected chi connectivity index (χ4v) is 2.32. The number of amides is 1. The highest BCUT2D eigenvalue weighted by Gasteiger charge is 2.17. The zero-order chi connectivity index (χ0) is 15.9. The molecule has 0 aliphatic rings. The third kappa shape index (κ3) is 3.86. The minimum Gasteiger partial charge on any atom is -0.497 e. The first-order valence-corrected chi connectivity index (χ1v) is 7.32. The van der Waals surface area contributed by atoms with Gasteiger partial charge in [-0.2, -0.15) is 0 Å². The van der Waals surface area contributed by atoms with Crippen LogP contribution in [0.25, 0.3) is 0 Å². The van der Waals surface area contributed by atoms with Gasteiger partial charge >= 0.3 is 0 Å². The molecule has 2 aromatic rings. The van der Waals surface area contributed by atoms with E-state index in [4.69, 9.17) is 4.74 Å². The van der Waals surface area contributed by atoms with Crippen molar-refractivity contribution in [3.05, 3.63) is 65.2 Å². The third-order valence-corrected chi connectivity index (χ3v) is 3.61. The second kappa shape index (κ2) is 7.61. The van der Waals surface area contributed by atoms with Crippen molar-refractivity contribution in [1.82, 2.24) is 5.32 Å². The van der Waals surface area contributed by atoms with E-state index < -0.39 is 12.0 Å². The lowest BCUT2D eigenvalue weighted by atomic mass is 10.0. The number of carbonyl (C=O) groups is 1. The molecule has 116 valence electrons. The number of nitrogens with one attached hydrogen (secondary N) is 1. The number of carbonyl (C=O) groups excluding carboxylic acids is 1. The molecule has 0 saturated carbocycles. The second-order valence-corrected chi connectivity index (χ2v) is 5.02. The van der Waals surface area contributed by atoms with Crippen molar-refractivity contribution in [2.45, 2.75) is 26.0 Å². The molecule has 2 N–H and O–H groups in total. The Labute approximate surface area is 130 Å². The molecule has 1 atom stereocenters. The molecule has 0 aromatic heterocycles. The summed E-state index contributed by atoms with van der Waals surface area (Å²) in [5.41, 5.74) is 2.77. The van der Waals surface area contributed by atoms with E-state index in [-0.39, 0.29) is 0 Å². The number of aliphatic hydroxyl groups is 1. The molecule has 0 saturated heterocycles. The average Bonchev–Trinajstić information content (AvgIpc) is 2.59. The van der Waals surface area contributed by atoms with Crippen LogP contribution in [0.2, 0.25) is 0 Å². The van der Waals surface area contributed by atoms with Gasteiger partial charge in [-0.3, -0.25) is 4.79 Å². The maximum Gasteiger partial charge on any atom is 0.253 e. The van der Waals surface area contributed by atoms with Gasteiger partial charge in [-0.05, 0) is 35.2 Å². The van der Waals surface area contributed by atoms with Crippen molar-refractivity contribution in [1.29, 1.82) is 0 Å². The Hall–Kier alpha value is -2.33. The number of hydrogen-bond donors (Lipinski definition) is 2. The van der Waals surface area contributed by atoms with Crippen molar-refractivity contribution in [2.24, 2.45) is 0 Å². The van der Waals surface area contributed by atoms with Crippen LogP contribution < -0.4 is 10.1 Å². The van der Waals surface area contributed by atoms with E-state index in [9.17, 15) is 9.90 Å². The first-order valence-electron chi connectivity index (χ1n) is 7.32. The smallest absolute Gasteiger partial charge is 0.253 e. The molecule has 1 unspecified atom stereocenters. The SMILES string of the molecule is CCc1ccccc1CNC(=O)C(O)c1cccc(OC)c1. The van der Waals surface area contributed by atoms with Crippen LogP contribution in [-0.4, -0.2) is 18.1 Å². The Balaban J connectivity index is 2.02. The van der Waals surface area contributed by atoms with Gasteiger partial charge in [0.15, 0.2) is 6.10 Å². The van der Waals surface area contributed by atoms with Gasteiger partial charge in [0.25, 0.3) is 5.91 Å². The molecule has 0 heterocycles. The molecule has 22 heavy (non-hydrogen) atoms. The molecule has 1 amide bonds. The van der Waals surface area contributed by atoms with E-state index in [1.807, 2.05) is 24.3 Å². The van der Waals surface area contributed by atoms with Gasteiger partial charge in [0, 0.05) is 6.54 Å². The second-order valence-electron chi connectivity index (χ2n) is 5.02. The van der Waals surface area contributed by atoms with Crippen molar-refractivity contribution in [2.75, 3.05) is 7.11 Å². The van der Waals surface area contributed by atoms with Crippen LogP contribution >= 0.6 is 0 Å². The van der Waals surface area contributed by atoms with Crippen LogP contribution in [0.5, 0.6) is 5.75 Å². The zero-order valence-electron chi connectivity index (χ0n) is 12.9. The fourth-order valence-electron chi connectivity index (χ4n) is 2.32. The molecule has 0 radical (unpaired) electrons. The molecule has 0 aliphatic carbocycles. The van der Waals surface area contributed by atoms with Crippen LogP contribution in [0.4, 0.5) is 0 Å². The highest BCUT2D eigenvalue weighted by molar-refractivity contribution is 5.82. The summed E-state index contributed by atoms with van der Waals surface area (Å²) in [7, 11) is 1.55. The predicted molar refractivity (Wildman–Crippen MR) is 85.6 cm³/mol. The molecule has 4 nitrogen and oxygen atoms in total. The number of benzene rings is 2. The summed E-state index contributed by atoms with van der Waals surface area (Å²) in [5.74, 6) is 0.194. The Kier molecular flexibility index (Phi) is 5.55. The summed E-state index contributed by atoms with van der Waals surface area (Å²) >= 11 is 0. The Morgan fingerprint density at radius 2 is 1.91 bits per heavy atom. The van der Waals surface area contributed by atoms with Gasteiger partial charge < -0.3 is 15.2 Å². The largest absolute Gasteiger partial charge is 0.497 e. The normalized spacial score (nSPS) is 11.8. The van der Waals surface area contributed by atoms with Crippen LogP contribution in [0.15, 0.2) is 48.5 Å². The van der Waals surface area contributed by atoms with Crippen LogP contribution in [0.1, 0.15) is 29.7 Å². The molecular weight excluding hydrogens is 278 g/mol. The highest BCUT2D eigenvalue weighted by atomic mass is 16.5. The number of hydrogen-bond acceptors (Lipinski definition) is 3. The van der Waals surface area contributed by atoms with Gasteiger partial charge in [0.1, 0.15) is 5.75 Å². The molecule has 2 aromatic carbocycles. The standard InChI is InChI=1S/C18H21NO3/c1-3-13-7-4-5-8-15(13)12-19-18(21)17(20)14-9-6-10-16(11-14)22-2/h4-11,17,20H,3,12H2,1-2H3,(H,19,21). The molecule has 0 aliphatic heterocycles. The van der Waals surface area contributed by atoms with E-state index in [0.29, 0.717) is 17.9 Å². The minimum atomic E-state index is -1.20. The van der Waals surface area contributed by atoms with E-state index >= 15 is 0 Å². The van der Waals surface area contributed by atoms with Gasteiger partial charge in [-0.15, -0.1) is 0 Å². The first kappa shape index (κ1) is 16.0. The molecular formula is C18H21NO3. The molecule has 0 spiro atoms. The lowest BCUT2D eigenvalue weighted by Crippen LogP contribution is -2.29. The van der Waals surface area contributed by atoms with E-state index in [1.165, 1.54) is 5.56 Å². The van der Waals surface area contributed by atoms with Gasteiger partial charge in [0.2, 0.25) is 0 Å². The predicted octanol–water partition coefficient (Wildman–Crippen LogP) is 2.61. The number of methoxy groups -OCH3 is 1. The van der Waals surface area contributed by atoms with Crippen LogP contribution in [0, 0.1) is 0 Å². The van der Waals surface area contributed by atoms with E-state index in [2.05, 4.69) is 12.2 Å². The molecule has 0 fully saturated rings. The molecule has 4 heteroatoms. The zero-order valence-corrected chi connectivity index (χ0v) is 12.9. The lowest BCUT2D eigenvalue weighted by molar-refractivity contribution is -0.129. The summed E-state index contributed by atoms with van der Waals surface area (Å²) in [5, 5.41) is 12.9. The fraction of sp³-hybridized carbons (Fsp3) is 0.278. The summed E-state index contributed by atoms with van der Waals surface area (Å²) in [6.45, 7) is 2.48. The monoisotopic (exact) mass is 299 g/mol. The number of ether oxygens (including phenoxy) is 1. The quantitative estimate of drug-likeness (QED) is 0.862. The van der Waals surface area contributed by atoms with Gasteiger partial charge in [-0.1, -0.05) is 43.3 Å². The van der Waals surface area contributed by atoms with E-state index in [1.54, 1.807) is 31.4 Å².